The van der Waals surface area contributed by atoms with Gasteiger partial charge in [-0.1, -0.05) is 13.8 Å². The first-order valence-corrected chi connectivity index (χ1v) is 7.83. The van der Waals surface area contributed by atoms with E-state index in [0.717, 1.165) is 6.42 Å². The van der Waals surface area contributed by atoms with Crippen molar-refractivity contribution >= 4 is 23.3 Å². The maximum Gasteiger partial charge on any atom is 0.321 e. The second-order valence-corrected chi connectivity index (χ2v) is 5.92. The van der Waals surface area contributed by atoms with Gasteiger partial charge in [-0.25, -0.2) is 0 Å². The highest BCUT2D eigenvalue weighted by Gasteiger charge is 2.22. The molecule has 0 aliphatic heterocycles. The first-order chi connectivity index (χ1) is 11.7. The monoisotopic (exact) mass is 353 g/mol. The minimum absolute atomic E-state index is 0.127. The third kappa shape index (κ3) is 6.76. The molecule has 0 spiro atoms. The SMILES string of the molecule is COc1cc([N+](=O)[O-])ccc1NC(=O)CC(NCCC(C)C)C(=O)O. The summed E-state index contributed by atoms with van der Waals surface area (Å²) in [6.07, 6.45) is 0.523. The zero-order valence-electron chi connectivity index (χ0n) is 14.4. The van der Waals surface area contributed by atoms with Crippen LogP contribution in [-0.4, -0.2) is 41.6 Å². The Hall–Kier alpha value is -2.68. The second kappa shape index (κ2) is 9.58. The largest absolute Gasteiger partial charge is 0.494 e. The highest BCUT2D eigenvalue weighted by atomic mass is 16.6. The maximum absolute atomic E-state index is 12.1. The summed E-state index contributed by atoms with van der Waals surface area (Å²) in [6, 6.07) is 2.75. The van der Waals surface area contributed by atoms with Crippen LogP contribution in [0.15, 0.2) is 18.2 Å². The molecule has 0 fully saturated rings. The van der Waals surface area contributed by atoms with Crippen LogP contribution in [0.2, 0.25) is 0 Å². The van der Waals surface area contributed by atoms with Crippen molar-refractivity contribution < 1.29 is 24.4 Å². The Balaban J connectivity index is 2.73. The summed E-state index contributed by atoms with van der Waals surface area (Å²) in [7, 11) is 1.32. The quantitative estimate of drug-likeness (QED) is 0.433. The molecule has 25 heavy (non-hydrogen) atoms. The number of nitrogens with zero attached hydrogens (tertiary/aromatic N) is 1. The van der Waals surface area contributed by atoms with E-state index in [-0.39, 0.29) is 23.5 Å². The van der Waals surface area contributed by atoms with Crippen LogP contribution in [-0.2, 0) is 9.59 Å². The number of anilines is 1. The van der Waals surface area contributed by atoms with Crippen molar-refractivity contribution in [2.75, 3.05) is 19.0 Å². The van der Waals surface area contributed by atoms with Gasteiger partial charge in [0.25, 0.3) is 5.69 Å². The third-order valence-electron chi connectivity index (χ3n) is 3.47. The van der Waals surface area contributed by atoms with Crippen LogP contribution in [0.25, 0.3) is 0 Å². The number of ether oxygens (including phenoxy) is 1. The number of carbonyl (C=O) groups excluding carboxylic acids is 1. The van der Waals surface area contributed by atoms with E-state index in [9.17, 15) is 24.8 Å². The molecule has 0 heterocycles. The molecule has 1 rings (SSSR count). The van der Waals surface area contributed by atoms with E-state index >= 15 is 0 Å². The number of carbonyl (C=O) groups is 2. The van der Waals surface area contributed by atoms with Gasteiger partial charge in [0, 0.05) is 6.07 Å². The number of amides is 1. The van der Waals surface area contributed by atoms with E-state index in [2.05, 4.69) is 10.6 Å². The zero-order chi connectivity index (χ0) is 19.0. The van der Waals surface area contributed by atoms with E-state index in [0.29, 0.717) is 12.5 Å². The summed E-state index contributed by atoms with van der Waals surface area (Å²) < 4.78 is 5.03. The van der Waals surface area contributed by atoms with Crippen molar-refractivity contribution in [3.8, 4) is 5.75 Å². The molecular weight excluding hydrogens is 330 g/mol. The van der Waals surface area contributed by atoms with Crippen LogP contribution in [0.1, 0.15) is 26.7 Å². The van der Waals surface area contributed by atoms with Gasteiger partial charge in [0.1, 0.15) is 11.8 Å². The van der Waals surface area contributed by atoms with Gasteiger partial charge in [-0.05, 0) is 24.9 Å². The number of methoxy groups -OCH3 is 1. The number of nitro benzene ring substituents is 1. The van der Waals surface area contributed by atoms with E-state index < -0.39 is 22.8 Å². The minimum atomic E-state index is -1.12. The first kappa shape index (κ1) is 20.4. The molecule has 0 aliphatic rings. The van der Waals surface area contributed by atoms with Crippen LogP contribution in [0.4, 0.5) is 11.4 Å². The predicted molar refractivity (Wildman–Crippen MR) is 91.8 cm³/mol. The molecule has 138 valence electrons. The molecule has 1 atom stereocenters. The summed E-state index contributed by atoms with van der Waals surface area (Å²) in [5.41, 5.74) is 0.0676. The first-order valence-electron chi connectivity index (χ1n) is 7.83. The smallest absolute Gasteiger partial charge is 0.321 e. The molecule has 1 aromatic carbocycles. The number of hydrogen-bond donors (Lipinski definition) is 3. The topological polar surface area (TPSA) is 131 Å². The number of nitrogens with one attached hydrogen (secondary N) is 2. The Morgan fingerprint density at radius 1 is 1.36 bits per heavy atom. The van der Waals surface area contributed by atoms with E-state index in [1.54, 1.807) is 0 Å². The fourth-order valence-corrected chi connectivity index (χ4v) is 2.08. The molecule has 0 saturated carbocycles. The maximum atomic E-state index is 12.1. The average Bonchev–Trinajstić information content (AvgIpc) is 2.53. The Morgan fingerprint density at radius 3 is 2.56 bits per heavy atom. The molecule has 0 radical (unpaired) electrons. The van der Waals surface area contributed by atoms with Gasteiger partial charge in [0.2, 0.25) is 5.91 Å². The van der Waals surface area contributed by atoms with Crippen LogP contribution in [0.3, 0.4) is 0 Å². The lowest BCUT2D eigenvalue weighted by atomic mass is 10.1. The molecule has 0 bridgehead atoms. The summed E-state index contributed by atoms with van der Waals surface area (Å²) in [4.78, 5) is 33.6. The van der Waals surface area contributed by atoms with Crippen molar-refractivity contribution in [3.63, 3.8) is 0 Å². The number of rotatable bonds is 10. The van der Waals surface area contributed by atoms with Gasteiger partial charge in [-0.15, -0.1) is 0 Å². The van der Waals surface area contributed by atoms with Crippen molar-refractivity contribution in [2.45, 2.75) is 32.7 Å². The van der Waals surface area contributed by atoms with Crippen LogP contribution >= 0.6 is 0 Å². The summed E-state index contributed by atoms with van der Waals surface area (Å²) >= 11 is 0. The van der Waals surface area contributed by atoms with Gasteiger partial charge >= 0.3 is 5.97 Å². The molecule has 1 aromatic rings. The Morgan fingerprint density at radius 2 is 2.04 bits per heavy atom. The van der Waals surface area contributed by atoms with Crippen molar-refractivity contribution in [3.05, 3.63) is 28.3 Å². The lowest BCUT2D eigenvalue weighted by molar-refractivity contribution is -0.384. The number of benzene rings is 1. The minimum Gasteiger partial charge on any atom is -0.494 e. The molecule has 9 nitrogen and oxygen atoms in total. The summed E-state index contributed by atoms with van der Waals surface area (Å²) in [5.74, 6) is -1.10. The lowest BCUT2D eigenvalue weighted by Crippen LogP contribution is -2.40. The molecule has 3 N–H and O–H groups in total. The highest BCUT2D eigenvalue weighted by Crippen LogP contribution is 2.29. The normalized spacial score (nSPS) is 11.8. The Labute approximate surface area is 145 Å². The van der Waals surface area contributed by atoms with Crippen molar-refractivity contribution in [2.24, 2.45) is 5.92 Å². The molecule has 0 aromatic heterocycles. The third-order valence-corrected chi connectivity index (χ3v) is 3.47. The van der Waals surface area contributed by atoms with E-state index in [1.165, 1.54) is 25.3 Å². The standard InChI is InChI=1S/C16H23N3O6/c1-10(2)6-7-17-13(16(21)22)9-15(20)18-12-5-4-11(19(23)24)8-14(12)25-3/h4-5,8,10,13,17H,6-7,9H2,1-3H3,(H,18,20)(H,21,22). The lowest BCUT2D eigenvalue weighted by Gasteiger charge is -2.16. The number of non-ortho nitro benzene ring substituents is 1. The zero-order valence-corrected chi connectivity index (χ0v) is 14.4. The van der Waals surface area contributed by atoms with Crippen molar-refractivity contribution in [1.82, 2.24) is 5.32 Å². The van der Waals surface area contributed by atoms with Crippen LogP contribution in [0.5, 0.6) is 5.75 Å². The number of carboxylic acids is 1. The average molecular weight is 353 g/mol. The van der Waals surface area contributed by atoms with Gasteiger partial charge < -0.3 is 20.5 Å². The van der Waals surface area contributed by atoms with Crippen LogP contribution < -0.4 is 15.4 Å². The summed E-state index contributed by atoms with van der Waals surface area (Å²) in [6.45, 7) is 4.53. The molecule has 0 saturated heterocycles. The second-order valence-electron chi connectivity index (χ2n) is 5.92. The van der Waals surface area contributed by atoms with Gasteiger partial charge in [-0.2, -0.15) is 0 Å². The van der Waals surface area contributed by atoms with E-state index in [1.807, 2.05) is 13.8 Å². The van der Waals surface area contributed by atoms with Crippen molar-refractivity contribution in [1.29, 1.82) is 0 Å². The predicted octanol–water partition coefficient (Wildman–Crippen LogP) is 2.02. The fourth-order valence-electron chi connectivity index (χ4n) is 2.08. The fraction of sp³-hybridized carbons (Fsp3) is 0.500. The number of aliphatic carboxylic acids is 1. The molecule has 1 amide bonds. The molecule has 9 heteroatoms. The van der Waals surface area contributed by atoms with Gasteiger partial charge in [0.05, 0.1) is 30.2 Å². The summed E-state index contributed by atoms with van der Waals surface area (Å²) in [5, 5.41) is 25.3. The Bertz CT molecular complexity index is 632. The molecule has 1 unspecified atom stereocenters. The van der Waals surface area contributed by atoms with E-state index in [4.69, 9.17) is 4.74 Å². The highest BCUT2D eigenvalue weighted by molar-refractivity contribution is 5.95. The van der Waals surface area contributed by atoms with Gasteiger partial charge in [0.15, 0.2) is 0 Å². The number of nitro groups is 1. The number of carboxylic acid groups (broad SMARTS) is 1. The molecule has 0 aliphatic carbocycles. The van der Waals surface area contributed by atoms with Crippen LogP contribution in [0, 0.1) is 16.0 Å². The van der Waals surface area contributed by atoms with Gasteiger partial charge in [-0.3, -0.25) is 19.7 Å². The molecular formula is C16H23N3O6. The Kier molecular flexibility index (Phi) is 7.80. The number of hydrogen-bond acceptors (Lipinski definition) is 6.